The van der Waals surface area contributed by atoms with Gasteiger partial charge in [0.1, 0.15) is 0 Å². The third kappa shape index (κ3) is 2.74. The Morgan fingerprint density at radius 2 is 2.16 bits per heavy atom. The van der Waals surface area contributed by atoms with Gasteiger partial charge in [-0.3, -0.25) is 4.90 Å². The smallest absolute Gasteiger partial charge is 0.165 e. The zero-order chi connectivity index (χ0) is 13.2. The molecule has 2 aliphatic rings. The fourth-order valence-electron chi connectivity index (χ4n) is 3.26. The molecule has 1 saturated carbocycles. The molecule has 1 aliphatic carbocycles. The minimum Gasteiger partial charge on any atom is -0.505 e. The number of morpholine rings is 1. The summed E-state index contributed by atoms with van der Waals surface area (Å²) in [7, 11) is 0. The predicted octanol–water partition coefficient (Wildman–Crippen LogP) is 2.67. The Bertz CT molecular complexity index is 450. The molecule has 0 bridgehead atoms. The Kier molecular flexibility index (Phi) is 3.71. The number of benzene rings is 1. The predicted molar refractivity (Wildman–Crippen MR) is 70.5 cm³/mol. The second-order valence-corrected chi connectivity index (χ2v) is 5.52. The number of hydrogen-bond acceptors (Lipinski definition) is 3. The summed E-state index contributed by atoms with van der Waals surface area (Å²) in [6.07, 6.45) is 5.17. The average molecular weight is 265 g/mol. The van der Waals surface area contributed by atoms with Gasteiger partial charge in [0.15, 0.2) is 11.6 Å². The first-order valence-electron chi connectivity index (χ1n) is 7.07. The molecule has 0 spiro atoms. The Balaban J connectivity index is 1.72. The first-order valence-corrected chi connectivity index (χ1v) is 7.07. The molecular weight excluding hydrogens is 245 g/mol. The van der Waals surface area contributed by atoms with E-state index in [-0.39, 0.29) is 5.75 Å². The van der Waals surface area contributed by atoms with Crippen molar-refractivity contribution >= 4 is 0 Å². The maximum atomic E-state index is 13.4. The second-order valence-electron chi connectivity index (χ2n) is 5.52. The van der Waals surface area contributed by atoms with E-state index in [0.717, 1.165) is 31.7 Å². The van der Waals surface area contributed by atoms with Gasteiger partial charge in [0, 0.05) is 19.1 Å². The summed E-state index contributed by atoms with van der Waals surface area (Å²) in [5, 5.41) is 9.23. The fourth-order valence-corrected chi connectivity index (χ4v) is 3.26. The minimum atomic E-state index is -0.536. The second kappa shape index (κ2) is 5.47. The van der Waals surface area contributed by atoms with Crippen LogP contribution in [-0.4, -0.2) is 35.3 Å². The Morgan fingerprint density at radius 1 is 1.32 bits per heavy atom. The highest BCUT2D eigenvalue weighted by molar-refractivity contribution is 5.28. The normalized spacial score (nSPS) is 28.1. The number of ether oxygens (including phenoxy) is 1. The van der Waals surface area contributed by atoms with Crippen LogP contribution in [0.3, 0.4) is 0 Å². The maximum Gasteiger partial charge on any atom is 0.165 e. The molecule has 2 fully saturated rings. The van der Waals surface area contributed by atoms with E-state index < -0.39 is 5.82 Å². The lowest BCUT2D eigenvalue weighted by Gasteiger charge is -2.43. The highest BCUT2D eigenvalue weighted by atomic mass is 19.1. The largest absolute Gasteiger partial charge is 0.505 e. The highest BCUT2D eigenvalue weighted by Crippen LogP contribution is 2.29. The number of rotatable bonds is 2. The van der Waals surface area contributed by atoms with Gasteiger partial charge in [-0.05, 0) is 30.5 Å². The van der Waals surface area contributed by atoms with Crippen molar-refractivity contribution in [3.63, 3.8) is 0 Å². The van der Waals surface area contributed by atoms with Crippen molar-refractivity contribution < 1.29 is 14.2 Å². The van der Waals surface area contributed by atoms with E-state index in [2.05, 4.69) is 4.90 Å². The maximum absolute atomic E-state index is 13.4. The summed E-state index contributed by atoms with van der Waals surface area (Å²) in [5.74, 6) is -0.813. The van der Waals surface area contributed by atoms with Crippen LogP contribution < -0.4 is 0 Å². The van der Waals surface area contributed by atoms with Gasteiger partial charge in [0.25, 0.3) is 0 Å². The van der Waals surface area contributed by atoms with E-state index in [1.807, 2.05) is 0 Å². The Hall–Kier alpha value is -1.13. The molecule has 0 aromatic heterocycles. The highest BCUT2D eigenvalue weighted by Gasteiger charge is 2.33. The molecule has 3 nitrogen and oxygen atoms in total. The zero-order valence-electron chi connectivity index (χ0n) is 11.0. The van der Waals surface area contributed by atoms with Crippen LogP contribution in [0.4, 0.5) is 4.39 Å². The number of phenolic OH excluding ortho intramolecular Hbond substituents is 1. The van der Waals surface area contributed by atoms with E-state index in [4.69, 9.17) is 4.74 Å². The van der Waals surface area contributed by atoms with Crippen LogP contribution in [0, 0.1) is 5.82 Å². The van der Waals surface area contributed by atoms with Gasteiger partial charge < -0.3 is 9.84 Å². The molecule has 2 atom stereocenters. The Morgan fingerprint density at radius 3 is 3.00 bits per heavy atom. The van der Waals surface area contributed by atoms with Crippen LogP contribution in [0.5, 0.6) is 5.75 Å². The standard InChI is InChI=1S/C15H20FNO2/c16-12-9-11(5-6-14(12)18)10-17-7-8-19-15-4-2-1-3-13(15)17/h5-6,9,13,15,18H,1-4,7-8,10H2. The summed E-state index contributed by atoms with van der Waals surface area (Å²) in [4.78, 5) is 2.40. The van der Waals surface area contributed by atoms with Crippen molar-refractivity contribution in [3.8, 4) is 5.75 Å². The molecule has 2 unspecified atom stereocenters. The van der Waals surface area contributed by atoms with Crippen LogP contribution in [0.25, 0.3) is 0 Å². The van der Waals surface area contributed by atoms with E-state index in [0.29, 0.717) is 12.1 Å². The third-order valence-electron chi connectivity index (χ3n) is 4.24. The molecule has 19 heavy (non-hydrogen) atoms. The van der Waals surface area contributed by atoms with Crippen LogP contribution in [0.2, 0.25) is 0 Å². The lowest BCUT2D eigenvalue weighted by atomic mass is 9.90. The van der Waals surface area contributed by atoms with Crippen molar-refractivity contribution in [3.05, 3.63) is 29.6 Å². The lowest BCUT2D eigenvalue weighted by molar-refractivity contribution is -0.0911. The molecule has 4 heteroatoms. The number of nitrogens with zero attached hydrogens (tertiary/aromatic N) is 1. The fraction of sp³-hybridized carbons (Fsp3) is 0.600. The molecular formula is C15H20FNO2. The molecule has 1 saturated heterocycles. The van der Waals surface area contributed by atoms with E-state index in [1.165, 1.54) is 31.4 Å². The van der Waals surface area contributed by atoms with E-state index in [9.17, 15) is 9.50 Å². The molecule has 3 rings (SSSR count). The van der Waals surface area contributed by atoms with Gasteiger partial charge in [0.05, 0.1) is 12.7 Å². The van der Waals surface area contributed by atoms with Gasteiger partial charge in [-0.15, -0.1) is 0 Å². The number of phenols is 1. The molecule has 1 aromatic rings. The molecule has 1 aromatic carbocycles. The number of halogens is 1. The number of fused-ring (bicyclic) bond motifs is 1. The Labute approximate surface area is 113 Å². The summed E-state index contributed by atoms with van der Waals surface area (Å²) >= 11 is 0. The summed E-state index contributed by atoms with van der Waals surface area (Å²) in [6, 6.07) is 5.14. The average Bonchev–Trinajstić information content (AvgIpc) is 2.43. The van der Waals surface area contributed by atoms with Crippen molar-refractivity contribution in [2.75, 3.05) is 13.2 Å². The molecule has 1 N–H and O–H groups in total. The van der Waals surface area contributed by atoms with Gasteiger partial charge in [-0.2, -0.15) is 0 Å². The van der Waals surface area contributed by atoms with Crippen molar-refractivity contribution in [1.29, 1.82) is 0 Å². The minimum absolute atomic E-state index is 0.277. The van der Waals surface area contributed by atoms with Crippen molar-refractivity contribution in [1.82, 2.24) is 4.90 Å². The monoisotopic (exact) mass is 265 g/mol. The zero-order valence-corrected chi connectivity index (χ0v) is 11.0. The van der Waals surface area contributed by atoms with Crippen LogP contribution in [0.1, 0.15) is 31.2 Å². The molecule has 0 radical (unpaired) electrons. The topological polar surface area (TPSA) is 32.7 Å². The summed E-state index contributed by atoms with van der Waals surface area (Å²) in [5.41, 5.74) is 0.918. The SMILES string of the molecule is Oc1ccc(CN2CCOC3CCCCC32)cc1F. The third-order valence-corrected chi connectivity index (χ3v) is 4.24. The van der Waals surface area contributed by atoms with Gasteiger partial charge in [0.2, 0.25) is 0 Å². The van der Waals surface area contributed by atoms with Crippen molar-refractivity contribution in [2.45, 2.75) is 44.4 Å². The molecule has 1 heterocycles. The van der Waals surface area contributed by atoms with E-state index in [1.54, 1.807) is 6.07 Å². The van der Waals surface area contributed by atoms with Crippen molar-refractivity contribution in [2.24, 2.45) is 0 Å². The summed E-state index contributed by atoms with van der Waals surface area (Å²) < 4.78 is 19.2. The molecule has 0 amide bonds. The number of hydrogen-bond donors (Lipinski definition) is 1. The van der Waals surface area contributed by atoms with Crippen LogP contribution >= 0.6 is 0 Å². The van der Waals surface area contributed by atoms with Crippen LogP contribution in [-0.2, 0) is 11.3 Å². The lowest BCUT2D eigenvalue weighted by Crippen LogP contribution is -2.52. The van der Waals surface area contributed by atoms with Gasteiger partial charge >= 0.3 is 0 Å². The summed E-state index contributed by atoms with van der Waals surface area (Å²) in [6.45, 7) is 2.41. The molecule has 104 valence electrons. The number of aromatic hydroxyl groups is 1. The van der Waals surface area contributed by atoms with E-state index >= 15 is 0 Å². The first kappa shape index (κ1) is 12.9. The molecule has 1 aliphatic heterocycles. The van der Waals surface area contributed by atoms with Gasteiger partial charge in [-0.25, -0.2) is 4.39 Å². The van der Waals surface area contributed by atoms with Crippen LogP contribution in [0.15, 0.2) is 18.2 Å². The quantitative estimate of drug-likeness (QED) is 0.892. The first-order chi connectivity index (χ1) is 9.24. The van der Waals surface area contributed by atoms with Gasteiger partial charge in [-0.1, -0.05) is 18.9 Å².